The topological polar surface area (TPSA) is 40.5 Å². The Morgan fingerprint density at radius 1 is 1.22 bits per heavy atom. The zero-order valence-electron chi connectivity index (χ0n) is 14.4. The van der Waals surface area contributed by atoms with Gasteiger partial charge < -0.3 is 10.0 Å². The lowest BCUT2D eigenvalue weighted by molar-refractivity contribution is 0.0741. The van der Waals surface area contributed by atoms with Gasteiger partial charge in [0.05, 0.1) is 11.1 Å². The van der Waals surface area contributed by atoms with Crippen LogP contribution in [0.3, 0.4) is 0 Å². The first kappa shape index (κ1) is 18.0. The molecule has 0 aliphatic carbocycles. The zero-order valence-corrected chi connectivity index (χ0v) is 15.9. The third-order valence-corrected chi connectivity index (χ3v) is 6.17. The Kier molecular flexibility index (Phi) is 4.89. The Morgan fingerprint density at radius 2 is 2.04 bits per heavy atom. The second-order valence-corrected chi connectivity index (χ2v) is 7.86. The highest BCUT2D eigenvalue weighted by Gasteiger charge is 2.33. The third-order valence-electron chi connectivity index (χ3n) is 4.84. The first-order valence-corrected chi connectivity index (χ1v) is 9.93. The number of benzene rings is 2. The Labute approximate surface area is 165 Å². The summed E-state index contributed by atoms with van der Waals surface area (Å²) in [5, 5.41) is 12.1. The van der Waals surface area contributed by atoms with Crippen LogP contribution in [0.2, 0.25) is 5.02 Å². The molecule has 1 fully saturated rings. The Balaban J connectivity index is 1.75. The second-order valence-electron chi connectivity index (χ2n) is 6.54. The van der Waals surface area contributed by atoms with E-state index in [0.29, 0.717) is 22.0 Å². The van der Waals surface area contributed by atoms with Gasteiger partial charge in [-0.05, 0) is 53.1 Å². The summed E-state index contributed by atoms with van der Waals surface area (Å²) in [6, 6.07) is 13.3. The molecule has 138 valence electrons. The van der Waals surface area contributed by atoms with Gasteiger partial charge in [-0.3, -0.25) is 4.79 Å². The minimum absolute atomic E-state index is 0.0746. The van der Waals surface area contributed by atoms with E-state index in [1.807, 2.05) is 34.5 Å². The van der Waals surface area contributed by atoms with Crippen molar-refractivity contribution in [2.45, 2.75) is 18.9 Å². The maximum absolute atomic E-state index is 13.8. The molecule has 1 saturated heterocycles. The predicted octanol–water partition coefficient (Wildman–Crippen LogP) is 5.89. The minimum atomic E-state index is -0.496. The average molecular weight is 402 g/mol. The maximum Gasteiger partial charge on any atom is 0.265 e. The van der Waals surface area contributed by atoms with E-state index in [4.69, 9.17) is 11.6 Å². The fraction of sp³-hybridized carbons (Fsp3) is 0.190. The number of halogens is 2. The van der Waals surface area contributed by atoms with Crippen LogP contribution in [-0.4, -0.2) is 22.5 Å². The van der Waals surface area contributed by atoms with Crippen molar-refractivity contribution in [2.75, 3.05) is 6.54 Å². The van der Waals surface area contributed by atoms with E-state index >= 15 is 0 Å². The first-order chi connectivity index (χ1) is 13.0. The minimum Gasteiger partial charge on any atom is -0.508 e. The number of carbonyl (C=O) groups excluding carboxylic acids is 1. The molecule has 2 heterocycles. The molecule has 0 bridgehead atoms. The van der Waals surface area contributed by atoms with Crippen LogP contribution in [0.15, 0.2) is 53.9 Å². The molecule has 0 radical (unpaired) electrons. The van der Waals surface area contributed by atoms with Crippen LogP contribution in [-0.2, 0) is 0 Å². The van der Waals surface area contributed by atoms with Gasteiger partial charge in [0.2, 0.25) is 0 Å². The number of amides is 1. The van der Waals surface area contributed by atoms with Crippen LogP contribution in [0.1, 0.15) is 34.1 Å². The quantitative estimate of drug-likeness (QED) is 0.594. The SMILES string of the molecule is O=C(c1sccc1Cl)N1CCC[C@H]1c1ccccc1-c1cc(O)cc(F)c1. The molecule has 1 atom stereocenters. The smallest absolute Gasteiger partial charge is 0.265 e. The number of hydrogen-bond acceptors (Lipinski definition) is 3. The molecule has 4 rings (SSSR count). The van der Waals surface area contributed by atoms with E-state index < -0.39 is 5.82 Å². The Hall–Kier alpha value is -2.37. The van der Waals surface area contributed by atoms with Crippen molar-refractivity contribution in [2.24, 2.45) is 0 Å². The van der Waals surface area contributed by atoms with Crippen LogP contribution in [0.5, 0.6) is 5.75 Å². The van der Waals surface area contributed by atoms with Crippen LogP contribution in [0.4, 0.5) is 4.39 Å². The maximum atomic E-state index is 13.8. The monoisotopic (exact) mass is 401 g/mol. The van der Waals surface area contributed by atoms with Crippen molar-refractivity contribution in [3.05, 3.63) is 75.2 Å². The van der Waals surface area contributed by atoms with Crippen molar-refractivity contribution in [3.63, 3.8) is 0 Å². The van der Waals surface area contributed by atoms with Crippen molar-refractivity contribution >= 4 is 28.8 Å². The number of phenols is 1. The molecule has 0 saturated carbocycles. The molecule has 3 nitrogen and oxygen atoms in total. The van der Waals surface area contributed by atoms with Gasteiger partial charge in [0.25, 0.3) is 5.91 Å². The van der Waals surface area contributed by atoms with Crippen molar-refractivity contribution in [1.29, 1.82) is 0 Å². The Morgan fingerprint density at radius 3 is 2.78 bits per heavy atom. The van der Waals surface area contributed by atoms with Gasteiger partial charge in [-0.25, -0.2) is 4.39 Å². The highest BCUT2D eigenvalue weighted by atomic mass is 35.5. The van der Waals surface area contributed by atoms with Crippen LogP contribution < -0.4 is 0 Å². The summed E-state index contributed by atoms with van der Waals surface area (Å²) in [7, 11) is 0. The van der Waals surface area contributed by atoms with Gasteiger partial charge in [0.1, 0.15) is 16.4 Å². The second kappa shape index (κ2) is 7.33. The Bertz CT molecular complexity index is 983. The normalized spacial score (nSPS) is 16.7. The van der Waals surface area contributed by atoms with Gasteiger partial charge in [-0.15, -0.1) is 11.3 Å². The molecule has 3 aromatic rings. The van der Waals surface area contributed by atoms with E-state index in [1.165, 1.54) is 17.4 Å². The fourth-order valence-electron chi connectivity index (χ4n) is 3.69. The molecular weight excluding hydrogens is 385 g/mol. The number of aromatic hydroxyl groups is 1. The summed E-state index contributed by atoms with van der Waals surface area (Å²) in [6.07, 6.45) is 1.72. The van der Waals surface area contributed by atoms with Crippen molar-refractivity contribution in [3.8, 4) is 16.9 Å². The largest absolute Gasteiger partial charge is 0.508 e. The average Bonchev–Trinajstić information content (AvgIpc) is 3.29. The highest BCUT2D eigenvalue weighted by Crippen LogP contribution is 2.40. The molecule has 0 unspecified atom stereocenters. The lowest BCUT2D eigenvalue weighted by atomic mass is 9.93. The molecule has 1 aromatic heterocycles. The molecule has 1 aliphatic heterocycles. The molecule has 1 N–H and O–H groups in total. The summed E-state index contributed by atoms with van der Waals surface area (Å²) in [4.78, 5) is 15.4. The summed E-state index contributed by atoms with van der Waals surface area (Å²) in [6.45, 7) is 0.653. The molecule has 27 heavy (non-hydrogen) atoms. The van der Waals surface area contributed by atoms with Gasteiger partial charge in [-0.2, -0.15) is 0 Å². The third kappa shape index (κ3) is 3.45. The van der Waals surface area contributed by atoms with Crippen molar-refractivity contribution < 1.29 is 14.3 Å². The van der Waals surface area contributed by atoms with Crippen molar-refractivity contribution in [1.82, 2.24) is 4.90 Å². The number of thiophene rings is 1. The molecule has 0 spiro atoms. The van der Waals surface area contributed by atoms with E-state index in [0.717, 1.165) is 30.0 Å². The first-order valence-electron chi connectivity index (χ1n) is 8.67. The van der Waals surface area contributed by atoms with Crippen LogP contribution in [0, 0.1) is 5.82 Å². The number of hydrogen-bond donors (Lipinski definition) is 1. The van der Waals surface area contributed by atoms with E-state index in [9.17, 15) is 14.3 Å². The number of phenolic OH excluding ortho intramolecular Hbond substituents is 1. The molecule has 1 aliphatic rings. The van der Waals surface area contributed by atoms with Crippen LogP contribution in [0.25, 0.3) is 11.1 Å². The van der Waals surface area contributed by atoms with E-state index in [1.54, 1.807) is 12.1 Å². The number of rotatable bonds is 3. The highest BCUT2D eigenvalue weighted by molar-refractivity contribution is 7.12. The summed E-state index contributed by atoms with van der Waals surface area (Å²) >= 11 is 7.50. The lowest BCUT2D eigenvalue weighted by Crippen LogP contribution is -2.30. The van der Waals surface area contributed by atoms with Crippen LogP contribution >= 0.6 is 22.9 Å². The van der Waals surface area contributed by atoms with Gasteiger partial charge in [-0.1, -0.05) is 35.9 Å². The number of carbonyl (C=O) groups is 1. The standard InChI is InChI=1S/C21H17ClFNO2S/c22-18-7-9-27-20(18)21(26)24-8-3-6-19(24)17-5-2-1-4-16(17)13-10-14(23)12-15(25)11-13/h1-2,4-5,7,9-12,19,25H,3,6,8H2/t19-/m0/s1. The molecule has 1 amide bonds. The van der Waals surface area contributed by atoms with Gasteiger partial charge in [0.15, 0.2) is 0 Å². The summed E-state index contributed by atoms with van der Waals surface area (Å²) in [5.41, 5.74) is 2.35. The summed E-state index contributed by atoms with van der Waals surface area (Å²) < 4.78 is 13.8. The molecule has 2 aromatic carbocycles. The zero-order chi connectivity index (χ0) is 19.0. The number of likely N-dealkylation sites (tertiary alicyclic amines) is 1. The fourth-order valence-corrected chi connectivity index (χ4v) is 4.78. The van der Waals surface area contributed by atoms with Gasteiger partial charge in [0, 0.05) is 12.6 Å². The van der Waals surface area contributed by atoms with E-state index in [-0.39, 0.29) is 17.7 Å². The summed E-state index contributed by atoms with van der Waals surface area (Å²) in [5.74, 6) is -0.691. The van der Waals surface area contributed by atoms with Gasteiger partial charge >= 0.3 is 0 Å². The van der Waals surface area contributed by atoms with E-state index in [2.05, 4.69) is 0 Å². The molecular formula is C21H17ClFNO2S. The molecule has 6 heteroatoms. The lowest BCUT2D eigenvalue weighted by Gasteiger charge is -2.27. The number of nitrogens with zero attached hydrogens (tertiary/aromatic N) is 1. The predicted molar refractivity (Wildman–Crippen MR) is 106 cm³/mol.